The van der Waals surface area contributed by atoms with Crippen LogP contribution in [0.25, 0.3) is 10.6 Å². The number of aromatic nitrogens is 3. The van der Waals surface area contributed by atoms with Gasteiger partial charge < -0.3 is 16.0 Å². The molecule has 0 bridgehead atoms. The lowest BCUT2D eigenvalue weighted by Gasteiger charge is -2.24. The Hall–Kier alpha value is -3.52. The van der Waals surface area contributed by atoms with E-state index in [0.29, 0.717) is 50.4 Å². The molecule has 4 rings (SSSR count). The first-order valence-electron chi connectivity index (χ1n) is 10.7. The molecular formula is C23H25F3N6OS. The molecule has 3 heterocycles. The highest BCUT2D eigenvalue weighted by molar-refractivity contribution is 7.19. The van der Waals surface area contributed by atoms with Gasteiger partial charge in [-0.1, -0.05) is 17.4 Å². The predicted octanol–water partition coefficient (Wildman–Crippen LogP) is 4.72. The van der Waals surface area contributed by atoms with Gasteiger partial charge in [-0.05, 0) is 38.3 Å². The number of terminal acetylenes is 1. The van der Waals surface area contributed by atoms with Crippen LogP contribution in [0.1, 0.15) is 36.7 Å². The Bertz CT molecular complexity index is 1150. The summed E-state index contributed by atoms with van der Waals surface area (Å²) in [5.41, 5.74) is 5.96. The third kappa shape index (κ3) is 5.17. The Morgan fingerprint density at radius 3 is 2.65 bits per heavy atom. The number of alkyl halides is 1. The fraction of sp³-hybridized carbons (Fsp3) is 0.348. The van der Waals surface area contributed by atoms with Gasteiger partial charge in [0.15, 0.2) is 11.5 Å². The van der Waals surface area contributed by atoms with E-state index < -0.39 is 23.7 Å². The minimum Gasteiger partial charge on any atom is -0.389 e. The molecule has 7 nitrogen and oxygen atoms in total. The molecule has 1 aromatic carbocycles. The maximum absolute atomic E-state index is 14.1. The second-order valence-corrected chi connectivity index (χ2v) is 8.53. The molecule has 0 spiro atoms. The van der Waals surface area contributed by atoms with Crippen molar-refractivity contribution in [3.63, 3.8) is 0 Å². The molecule has 1 fully saturated rings. The summed E-state index contributed by atoms with van der Waals surface area (Å²) in [6, 6.07) is 3.48. The zero-order valence-corrected chi connectivity index (χ0v) is 19.4. The summed E-state index contributed by atoms with van der Waals surface area (Å²) in [7, 11) is 0. The van der Waals surface area contributed by atoms with Gasteiger partial charge in [-0.2, -0.15) is 5.10 Å². The standard InChI is InChI=1S/C21H23F3N6OS.C2H2/c1-2-30-21(29-9-4-5-12(22)8-10-29)15(11-26-30)27-19(31)17-18(25)32-20(28-17)16-13(23)6-3-7-14(16)24;1-2/h3,6-7,11-12H,2,4-5,8-10,25H2,1H3,(H,27,31);1-2H/t12-;/m1./s1. The summed E-state index contributed by atoms with van der Waals surface area (Å²) >= 11 is 0.833. The van der Waals surface area contributed by atoms with E-state index in [9.17, 15) is 18.0 Å². The lowest BCUT2D eigenvalue weighted by atomic mass is 10.2. The van der Waals surface area contributed by atoms with E-state index in [-0.39, 0.29) is 21.3 Å². The first-order valence-corrected chi connectivity index (χ1v) is 11.5. The fourth-order valence-corrected chi connectivity index (χ4v) is 4.66. The maximum Gasteiger partial charge on any atom is 0.277 e. The van der Waals surface area contributed by atoms with Gasteiger partial charge in [-0.15, -0.1) is 12.8 Å². The number of aryl methyl sites for hydroxylation is 1. The summed E-state index contributed by atoms with van der Waals surface area (Å²) in [6.45, 7) is 3.64. The minimum atomic E-state index is -0.844. The number of thiazole rings is 1. The first kappa shape index (κ1) is 25.1. The van der Waals surface area contributed by atoms with Crippen LogP contribution in [0.3, 0.4) is 0 Å². The number of rotatable bonds is 5. The molecule has 1 aliphatic heterocycles. The molecule has 180 valence electrons. The van der Waals surface area contributed by atoms with Crippen LogP contribution in [0.5, 0.6) is 0 Å². The summed E-state index contributed by atoms with van der Waals surface area (Å²) in [5, 5.41) is 7.11. The molecule has 3 N–H and O–H groups in total. The van der Waals surface area contributed by atoms with Crippen molar-refractivity contribution >= 4 is 33.8 Å². The number of nitrogens with two attached hydrogens (primary N) is 1. The van der Waals surface area contributed by atoms with Crippen molar-refractivity contribution in [2.45, 2.75) is 38.9 Å². The number of nitrogens with one attached hydrogen (secondary N) is 1. The van der Waals surface area contributed by atoms with Crippen LogP contribution in [0.4, 0.5) is 29.7 Å². The number of carbonyl (C=O) groups excluding carboxylic acids is 1. The van der Waals surface area contributed by atoms with Crippen LogP contribution in [0.15, 0.2) is 24.4 Å². The quantitative estimate of drug-likeness (QED) is 0.506. The lowest BCUT2D eigenvalue weighted by molar-refractivity contribution is 0.102. The van der Waals surface area contributed by atoms with Gasteiger partial charge in [0.1, 0.15) is 33.5 Å². The van der Waals surface area contributed by atoms with Crippen LogP contribution in [0.2, 0.25) is 0 Å². The number of carbonyl (C=O) groups is 1. The van der Waals surface area contributed by atoms with Crippen LogP contribution in [-0.4, -0.2) is 39.9 Å². The number of hydrogen-bond acceptors (Lipinski definition) is 6. The van der Waals surface area contributed by atoms with E-state index in [0.717, 1.165) is 23.5 Å². The molecule has 3 aromatic rings. The predicted molar refractivity (Wildman–Crippen MR) is 129 cm³/mol. The van der Waals surface area contributed by atoms with Crippen LogP contribution in [0, 0.1) is 24.5 Å². The molecule has 2 aromatic heterocycles. The summed E-state index contributed by atoms with van der Waals surface area (Å²) in [4.78, 5) is 19.1. The Balaban J connectivity index is 0.00000158. The van der Waals surface area contributed by atoms with Crippen molar-refractivity contribution in [1.82, 2.24) is 14.8 Å². The second kappa shape index (κ2) is 11.1. The van der Waals surface area contributed by atoms with Crippen molar-refractivity contribution in [2.24, 2.45) is 0 Å². The van der Waals surface area contributed by atoms with Crippen LogP contribution in [-0.2, 0) is 6.54 Å². The molecule has 0 radical (unpaired) electrons. The number of nitrogen functional groups attached to an aromatic ring is 1. The molecule has 0 unspecified atom stereocenters. The number of benzene rings is 1. The van der Waals surface area contributed by atoms with Gasteiger partial charge in [-0.3, -0.25) is 4.79 Å². The normalized spacial score (nSPS) is 15.8. The molecule has 1 saturated heterocycles. The second-order valence-electron chi connectivity index (χ2n) is 7.50. The van der Waals surface area contributed by atoms with Crippen molar-refractivity contribution < 1.29 is 18.0 Å². The number of halogens is 3. The van der Waals surface area contributed by atoms with Crippen LogP contribution >= 0.6 is 11.3 Å². The zero-order chi connectivity index (χ0) is 24.8. The zero-order valence-electron chi connectivity index (χ0n) is 18.6. The highest BCUT2D eigenvalue weighted by Crippen LogP contribution is 2.35. The number of hydrogen-bond donors (Lipinski definition) is 2. The molecule has 1 amide bonds. The largest absolute Gasteiger partial charge is 0.389 e. The molecule has 11 heteroatoms. The van der Waals surface area contributed by atoms with E-state index in [4.69, 9.17) is 5.73 Å². The summed E-state index contributed by atoms with van der Waals surface area (Å²) in [5.74, 6) is -1.50. The van der Waals surface area contributed by atoms with Gasteiger partial charge in [0.05, 0.1) is 11.8 Å². The molecule has 1 aliphatic rings. The first-order chi connectivity index (χ1) is 16.4. The SMILES string of the molecule is C#C.CCn1ncc(NC(=O)c2nc(-c3c(F)cccc3F)sc2N)c1N1CCC[C@@H](F)CC1. The summed E-state index contributed by atoms with van der Waals surface area (Å²) in [6.07, 6.45) is 10.3. The van der Waals surface area contributed by atoms with Gasteiger partial charge in [-0.25, -0.2) is 22.8 Å². The maximum atomic E-state index is 14.1. The minimum absolute atomic E-state index is 0.0192. The summed E-state index contributed by atoms with van der Waals surface area (Å²) < 4.78 is 43.8. The van der Waals surface area contributed by atoms with Crippen molar-refractivity contribution in [3.8, 4) is 23.4 Å². The molecule has 0 saturated carbocycles. The molecule has 1 atom stereocenters. The average Bonchev–Trinajstić information content (AvgIpc) is 3.33. The number of anilines is 3. The van der Waals surface area contributed by atoms with E-state index in [1.165, 1.54) is 12.3 Å². The fourth-order valence-electron chi connectivity index (χ4n) is 3.78. The van der Waals surface area contributed by atoms with Gasteiger partial charge in [0.2, 0.25) is 0 Å². The van der Waals surface area contributed by atoms with Crippen molar-refractivity contribution in [3.05, 3.63) is 41.7 Å². The van der Waals surface area contributed by atoms with E-state index in [2.05, 4.69) is 28.2 Å². The third-order valence-corrected chi connectivity index (χ3v) is 6.26. The van der Waals surface area contributed by atoms with Gasteiger partial charge >= 0.3 is 0 Å². The average molecular weight is 491 g/mol. The number of nitrogens with zero attached hydrogens (tertiary/aromatic N) is 4. The van der Waals surface area contributed by atoms with Crippen molar-refractivity contribution in [2.75, 3.05) is 29.0 Å². The van der Waals surface area contributed by atoms with Crippen molar-refractivity contribution in [1.29, 1.82) is 0 Å². The Kier molecular flexibility index (Phi) is 8.17. The molecular weight excluding hydrogens is 465 g/mol. The van der Waals surface area contributed by atoms with Gasteiger partial charge in [0, 0.05) is 19.6 Å². The number of amides is 1. The molecule has 34 heavy (non-hydrogen) atoms. The van der Waals surface area contributed by atoms with Gasteiger partial charge in [0.25, 0.3) is 5.91 Å². The van der Waals surface area contributed by atoms with Crippen LogP contribution < -0.4 is 16.0 Å². The highest BCUT2D eigenvalue weighted by Gasteiger charge is 2.26. The van der Waals surface area contributed by atoms with E-state index in [1.807, 2.05) is 11.8 Å². The topological polar surface area (TPSA) is 89.1 Å². The molecule has 0 aliphatic carbocycles. The third-order valence-electron chi connectivity index (χ3n) is 5.36. The van der Waals surface area contributed by atoms with E-state index in [1.54, 1.807) is 4.68 Å². The highest BCUT2D eigenvalue weighted by atomic mass is 32.1. The monoisotopic (exact) mass is 490 g/mol. The Labute approximate surface area is 199 Å². The smallest absolute Gasteiger partial charge is 0.277 e. The lowest BCUT2D eigenvalue weighted by Crippen LogP contribution is -2.28. The Morgan fingerprint density at radius 2 is 1.97 bits per heavy atom. The van der Waals surface area contributed by atoms with E-state index >= 15 is 0 Å². The Morgan fingerprint density at radius 1 is 1.26 bits per heavy atom.